The number of hydrogen-bond donors (Lipinski definition) is 1. The van der Waals surface area contributed by atoms with Crippen molar-refractivity contribution < 1.29 is 14.3 Å². The molecule has 0 aromatic carbocycles. The van der Waals surface area contributed by atoms with Crippen LogP contribution in [-0.2, 0) is 6.54 Å². The maximum absolute atomic E-state index is 10.8. The lowest BCUT2D eigenvalue weighted by Crippen LogP contribution is -2.04. The van der Waals surface area contributed by atoms with Crippen molar-refractivity contribution in [2.75, 3.05) is 0 Å². The SMILES string of the molecule is O=C(O)c1ccoc1Cn1cc(Br)cn1. The summed E-state index contributed by atoms with van der Waals surface area (Å²) < 4.78 is 7.51. The number of halogens is 1. The Labute approximate surface area is 93.4 Å². The van der Waals surface area contributed by atoms with E-state index in [4.69, 9.17) is 9.52 Å². The summed E-state index contributed by atoms with van der Waals surface area (Å²) in [5.41, 5.74) is 0.168. The Morgan fingerprint density at radius 3 is 3.07 bits per heavy atom. The van der Waals surface area contributed by atoms with Crippen molar-refractivity contribution in [1.82, 2.24) is 9.78 Å². The lowest BCUT2D eigenvalue weighted by Gasteiger charge is -1.98. The molecule has 5 nitrogen and oxygen atoms in total. The first-order chi connectivity index (χ1) is 7.16. The fourth-order valence-electron chi connectivity index (χ4n) is 1.23. The number of furan rings is 1. The van der Waals surface area contributed by atoms with Gasteiger partial charge in [-0.2, -0.15) is 5.10 Å². The maximum Gasteiger partial charge on any atom is 0.339 e. The first-order valence-corrected chi connectivity index (χ1v) is 4.94. The molecule has 2 rings (SSSR count). The first-order valence-electron chi connectivity index (χ1n) is 4.14. The van der Waals surface area contributed by atoms with E-state index < -0.39 is 5.97 Å². The van der Waals surface area contributed by atoms with Gasteiger partial charge in [-0.15, -0.1) is 0 Å². The molecule has 0 amide bonds. The van der Waals surface area contributed by atoms with Crippen LogP contribution in [-0.4, -0.2) is 20.9 Å². The summed E-state index contributed by atoms with van der Waals surface area (Å²) in [5, 5.41) is 12.8. The molecule has 2 aromatic rings. The van der Waals surface area contributed by atoms with Gasteiger partial charge < -0.3 is 9.52 Å². The van der Waals surface area contributed by atoms with E-state index >= 15 is 0 Å². The van der Waals surface area contributed by atoms with Crippen LogP contribution < -0.4 is 0 Å². The lowest BCUT2D eigenvalue weighted by atomic mass is 10.2. The van der Waals surface area contributed by atoms with Crippen LogP contribution in [0.1, 0.15) is 16.1 Å². The summed E-state index contributed by atoms with van der Waals surface area (Å²) >= 11 is 3.25. The molecular formula is C9H7BrN2O3. The monoisotopic (exact) mass is 270 g/mol. The molecule has 0 unspecified atom stereocenters. The molecule has 0 bridgehead atoms. The second-order valence-corrected chi connectivity index (χ2v) is 3.83. The van der Waals surface area contributed by atoms with E-state index in [2.05, 4.69) is 21.0 Å². The number of aromatic carboxylic acids is 1. The highest BCUT2D eigenvalue weighted by Gasteiger charge is 2.13. The van der Waals surface area contributed by atoms with Gasteiger partial charge in [0.15, 0.2) is 0 Å². The molecule has 0 aliphatic heterocycles. The number of aromatic nitrogens is 2. The fourth-order valence-corrected chi connectivity index (χ4v) is 1.55. The molecule has 0 aliphatic rings. The van der Waals surface area contributed by atoms with E-state index in [9.17, 15) is 4.79 Å². The topological polar surface area (TPSA) is 68.3 Å². The zero-order valence-corrected chi connectivity index (χ0v) is 9.14. The molecule has 0 atom stereocenters. The van der Waals surface area contributed by atoms with Crippen molar-refractivity contribution in [2.45, 2.75) is 6.54 Å². The molecule has 0 saturated carbocycles. The van der Waals surface area contributed by atoms with E-state index in [1.165, 1.54) is 12.3 Å². The number of nitrogens with zero attached hydrogens (tertiary/aromatic N) is 2. The highest BCUT2D eigenvalue weighted by atomic mass is 79.9. The molecule has 0 saturated heterocycles. The van der Waals surface area contributed by atoms with Crippen LogP contribution in [0.25, 0.3) is 0 Å². The van der Waals surface area contributed by atoms with Crippen molar-refractivity contribution in [1.29, 1.82) is 0 Å². The third-order valence-corrected chi connectivity index (χ3v) is 2.29. The van der Waals surface area contributed by atoms with Gasteiger partial charge in [0.05, 0.1) is 23.5 Å². The summed E-state index contributed by atoms with van der Waals surface area (Å²) in [6.07, 6.45) is 4.73. The fraction of sp³-hybridized carbons (Fsp3) is 0.111. The van der Waals surface area contributed by atoms with Crippen LogP contribution in [0.5, 0.6) is 0 Å². The third-order valence-electron chi connectivity index (χ3n) is 1.88. The number of hydrogen-bond acceptors (Lipinski definition) is 3. The minimum Gasteiger partial charge on any atom is -0.478 e. The Bertz CT molecular complexity index is 489. The van der Waals surface area contributed by atoms with Gasteiger partial charge in [-0.05, 0) is 22.0 Å². The van der Waals surface area contributed by atoms with Crippen molar-refractivity contribution >= 4 is 21.9 Å². The van der Waals surface area contributed by atoms with Gasteiger partial charge in [0, 0.05) is 6.20 Å². The van der Waals surface area contributed by atoms with Crippen LogP contribution in [0.3, 0.4) is 0 Å². The van der Waals surface area contributed by atoms with E-state index in [0.717, 1.165) is 4.47 Å². The van der Waals surface area contributed by atoms with E-state index in [-0.39, 0.29) is 5.56 Å². The molecule has 78 valence electrons. The molecule has 0 aliphatic carbocycles. The summed E-state index contributed by atoms with van der Waals surface area (Å²) in [6.45, 7) is 0.306. The first kappa shape index (κ1) is 9.97. The molecule has 2 aromatic heterocycles. The van der Waals surface area contributed by atoms with Crippen molar-refractivity contribution in [3.8, 4) is 0 Å². The molecule has 6 heteroatoms. The lowest BCUT2D eigenvalue weighted by molar-refractivity contribution is 0.0694. The highest BCUT2D eigenvalue weighted by molar-refractivity contribution is 9.10. The van der Waals surface area contributed by atoms with E-state index in [1.807, 2.05) is 0 Å². The van der Waals surface area contributed by atoms with Crippen LogP contribution >= 0.6 is 15.9 Å². The standard InChI is InChI=1S/C9H7BrN2O3/c10-6-3-11-12(4-6)5-8-7(9(13)14)1-2-15-8/h1-4H,5H2,(H,13,14). The van der Waals surface area contributed by atoms with Gasteiger partial charge >= 0.3 is 5.97 Å². The zero-order valence-electron chi connectivity index (χ0n) is 7.55. The average Bonchev–Trinajstić information content (AvgIpc) is 2.75. The van der Waals surface area contributed by atoms with Crippen LogP contribution in [0, 0.1) is 0 Å². The van der Waals surface area contributed by atoms with E-state index in [0.29, 0.717) is 12.3 Å². The van der Waals surface area contributed by atoms with Crippen LogP contribution in [0.15, 0.2) is 33.6 Å². The van der Waals surface area contributed by atoms with Crippen molar-refractivity contribution in [2.24, 2.45) is 0 Å². The summed E-state index contributed by atoms with van der Waals surface area (Å²) in [5.74, 6) is -0.608. The van der Waals surface area contributed by atoms with Crippen molar-refractivity contribution in [3.05, 3.63) is 40.5 Å². The normalized spacial score (nSPS) is 10.5. The van der Waals surface area contributed by atoms with Gasteiger partial charge in [-0.1, -0.05) is 0 Å². The average molecular weight is 271 g/mol. The number of carboxylic acid groups (broad SMARTS) is 1. The van der Waals surface area contributed by atoms with Crippen molar-refractivity contribution in [3.63, 3.8) is 0 Å². The van der Waals surface area contributed by atoms with Gasteiger partial charge in [0.2, 0.25) is 0 Å². The zero-order chi connectivity index (χ0) is 10.8. The summed E-state index contributed by atoms with van der Waals surface area (Å²) in [7, 11) is 0. The molecule has 15 heavy (non-hydrogen) atoms. The number of rotatable bonds is 3. The summed E-state index contributed by atoms with van der Waals surface area (Å²) in [4.78, 5) is 10.8. The quantitative estimate of drug-likeness (QED) is 0.926. The molecule has 0 fully saturated rings. The largest absolute Gasteiger partial charge is 0.478 e. The Morgan fingerprint density at radius 1 is 1.67 bits per heavy atom. The summed E-state index contributed by atoms with van der Waals surface area (Å²) in [6, 6.07) is 1.43. The number of carbonyl (C=O) groups is 1. The predicted molar refractivity (Wildman–Crippen MR) is 54.7 cm³/mol. The molecule has 0 spiro atoms. The molecule has 1 N–H and O–H groups in total. The smallest absolute Gasteiger partial charge is 0.339 e. The molecule has 2 heterocycles. The Hall–Kier alpha value is -1.56. The Kier molecular flexibility index (Phi) is 2.59. The maximum atomic E-state index is 10.8. The van der Waals surface area contributed by atoms with Gasteiger partial charge in [-0.25, -0.2) is 4.79 Å². The minimum atomic E-state index is -0.995. The van der Waals surface area contributed by atoms with Gasteiger partial charge in [0.25, 0.3) is 0 Å². The van der Waals surface area contributed by atoms with E-state index in [1.54, 1.807) is 17.1 Å². The minimum absolute atomic E-state index is 0.168. The second kappa shape index (κ2) is 3.90. The molecule has 0 radical (unpaired) electrons. The number of carboxylic acids is 1. The van der Waals surface area contributed by atoms with Gasteiger partial charge in [0.1, 0.15) is 11.3 Å². The Balaban J connectivity index is 2.24. The highest BCUT2D eigenvalue weighted by Crippen LogP contribution is 2.13. The third kappa shape index (κ3) is 2.10. The Morgan fingerprint density at radius 2 is 2.47 bits per heavy atom. The van der Waals surface area contributed by atoms with Gasteiger partial charge in [-0.3, -0.25) is 4.68 Å². The van der Waals surface area contributed by atoms with Crippen LogP contribution in [0.4, 0.5) is 0 Å². The second-order valence-electron chi connectivity index (χ2n) is 2.92. The molecular weight excluding hydrogens is 264 g/mol. The predicted octanol–water partition coefficient (Wildman–Crippen LogP) is 1.99. The van der Waals surface area contributed by atoms with Crippen LogP contribution in [0.2, 0.25) is 0 Å².